The topological polar surface area (TPSA) is 88.6 Å². The van der Waals surface area contributed by atoms with Crippen LogP contribution in [0.5, 0.6) is 5.88 Å². The van der Waals surface area contributed by atoms with Gasteiger partial charge >= 0.3 is 0 Å². The summed E-state index contributed by atoms with van der Waals surface area (Å²) in [6.07, 6.45) is 3.22. The maximum absolute atomic E-state index is 12.5. The first kappa shape index (κ1) is 19.6. The van der Waals surface area contributed by atoms with Crippen LogP contribution in [0.25, 0.3) is 6.08 Å². The van der Waals surface area contributed by atoms with Crippen LogP contribution in [-0.2, 0) is 4.79 Å². The van der Waals surface area contributed by atoms with E-state index < -0.39 is 0 Å². The summed E-state index contributed by atoms with van der Waals surface area (Å²) in [7, 11) is 1.43. The molecule has 1 saturated heterocycles. The smallest absolute Gasteiger partial charge is 0.293 e. The molecule has 1 aromatic carbocycles. The lowest BCUT2D eigenvalue weighted by Gasteiger charge is -2.13. The fourth-order valence-electron chi connectivity index (χ4n) is 2.61. The molecule has 3 amide bonds. The molecule has 3 rings (SSSR count). The summed E-state index contributed by atoms with van der Waals surface area (Å²) < 4.78 is 5.06. The Labute approximate surface area is 166 Å². The zero-order chi connectivity index (χ0) is 20.1. The minimum atomic E-state index is -0.382. The number of rotatable bonds is 6. The predicted molar refractivity (Wildman–Crippen MR) is 107 cm³/mol. The number of carbonyl (C=O) groups excluding carboxylic acids is 3. The molecule has 0 saturated carbocycles. The Hall–Kier alpha value is -3.13. The van der Waals surface area contributed by atoms with Gasteiger partial charge in [0.2, 0.25) is 5.88 Å². The number of pyridine rings is 1. The van der Waals surface area contributed by atoms with Gasteiger partial charge in [0.05, 0.1) is 12.0 Å². The molecule has 0 atom stereocenters. The second-order valence-corrected chi connectivity index (χ2v) is 7.05. The second kappa shape index (κ2) is 8.71. The highest BCUT2D eigenvalue weighted by Gasteiger charge is 2.34. The van der Waals surface area contributed by atoms with Crippen molar-refractivity contribution in [3.63, 3.8) is 0 Å². The molecule has 0 radical (unpaired) electrons. The highest BCUT2D eigenvalue weighted by atomic mass is 32.2. The van der Waals surface area contributed by atoms with Crippen molar-refractivity contribution in [3.05, 3.63) is 64.2 Å². The predicted octanol–water partition coefficient (Wildman–Crippen LogP) is 2.86. The zero-order valence-corrected chi connectivity index (χ0v) is 16.3. The molecule has 0 spiro atoms. The molecule has 1 aliphatic heterocycles. The molecule has 7 nitrogen and oxygen atoms in total. The van der Waals surface area contributed by atoms with Crippen LogP contribution < -0.4 is 10.1 Å². The number of carbonyl (C=O) groups is 3. The van der Waals surface area contributed by atoms with Crippen LogP contribution in [0.15, 0.2) is 47.5 Å². The fraction of sp³-hybridized carbons (Fsp3) is 0.200. The lowest BCUT2D eigenvalue weighted by atomic mass is 10.1. The number of imide groups is 1. The molecule has 28 heavy (non-hydrogen) atoms. The number of hydrogen-bond donors (Lipinski definition) is 1. The quantitative estimate of drug-likeness (QED) is 0.754. The molecule has 0 aliphatic carbocycles. The third-order valence-electron chi connectivity index (χ3n) is 4.08. The zero-order valence-electron chi connectivity index (χ0n) is 15.5. The van der Waals surface area contributed by atoms with E-state index in [-0.39, 0.29) is 36.0 Å². The van der Waals surface area contributed by atoms with Gasteiger partial charge in [-0.25, -0.2) is 4.98 Å². The first-order valence-electron chi connectivity index (χ1n) is 8.59. The Morgan fingerprint density at radius 2 is 2.00 bits per heavy atom. The molecular formula is C20H19N3O4S. The second-order valence-electron chi connectivity index (χ2n) is 6.06. The number of amides is 3. The maximum Gasteiger partial charge on any atom is 0.293 e. The van der Waals surface area contributed by atoms with Crippen LogP contribution in [0.3, 0.4) is 0 Å². The minimum absolute atomic E-state index is 0.0875. The van der Waals surface area contributed by atoms with E-state index in [4.69, 9.17) is 4.74 Å². The molecule has 8 heteroatoms. The van der Waals surface area contributed by atoms with Crippen molar-refractivity contribution in [3.8, 4) is 5.88 Å². The van der Waals surface area contributed by atoms with Crippen molar-refractivity contribution < 1.29 is 19.1 Å². The largest absolute Gasteiger partial charge is 0.480 e. The average Bonchev–Trinajstić information content (AvgIpc) is 2.96. The van der Waals surface area contributed by atoms with Gasteiger partial charge in [0.1, 0.15) is 5.56 Å². The van der Waals surface area contributed by atoms with Crippen molar-refractivity contribution in [2.75, 3.05) is 20.2 Å². The van der Waals surface area contributed by atoms with Crippen molar-refractivity contribution in [2.24, 2.45) is 0 Å². The summed E-state index contributed by atoms with van der Waals surface area (Å²) in [6, 6.07) is 10.9. The Kier molecular flexibility index (Phi) is 6.10. The van der Waals surface area contributed by atoms with E-state index in [2.05, 4.69) is 10.3 Å². The fourth-order valence-corrected chi connectivity index (χ4v) is 3.47. The van der Waals surface area contributed by atoms with Gasteiger partial charge < -0.3 is 10.1 Å². The average molecular weight is 397 g/mol. The Bertz CT molecular complexity index is 941. The SMILES string of the molecule is COc1ncccc1C(=O)NCCN1C(=O)S/C(=C/c2ccc(C)cc2)C1=O. The summed E-state index contributed by atoms with van der Waals surface area (Å²) in [6.45, 7) is 2.20. The normalized spacial score (nSPS) is 15.2. The van der Waals surface area contributed by atoms with E-state index in [0.29, 0.717) is 10.5 Å². The van der Waals surface area contributed by atoms with Crippen molar-refractivity contribution >= 4 is 34.9 Å². The van der Waals surface area contributed by atoms with E-state index in [1.54, 1.807) is 18.2 Å². The molecular weight excluding hydrogens is 378 g/mol. The molecule has 144 valence electrons. The number of methoxy groups -OCH3 is 1. The summed E-state index contributed by atoms with van der Waals surface area (Å²) in [4.78, 5) is 42.4. The van der Waals surface area contributed by atoms with Crippen LogP contribution in [0.4, 0.5) is 4.79 Å². The van der Waals surface area contributed by atoms with Crippen molar-refractivity contribution in [1.29, 1.82) is 0 Å². The number of ether oxygens (including phenoxy) is 1. The lowest BCUT2D eigenvalue weighted by Crippen LogP contribution is -2.37. The number of aryl methyl sites for hydroxylation is 1. The number of benzene rings is 1. The van der Waals surface area contributed by atoms with E-state index in [9.17, 15) is 14.4 Å². The van der Waals surface area contributed by atoms with Crippen LogP contribution in [0.1, 0.15) is 21.5 Å². The van der Waals surface area contributed by atoms with Gasteiger partial charge in [-0.1, -0.05) is 29.8 Å². The van der Waals surface area contributed by atoms with Gasteiger partial charge in [0, 0.05) is 19.3 Å². The summed E-state index contributed by atoms with van der Waals surface area (Å²) >= 11 is 0.898. The van der Waals surface area contributed by atoms with E-state index >= 15 is 0 Å². The third kappa shape index (κ3) is 4.40. The highest BCUT2D eigenvalue weighted by molar-refractivity contribution is 8.18. The van der Waals surface area contributed by atoms with Gasteiger partial charge in [-0.15, -0.1) is 0 Å². The van der Waals surface area contributed by atoms with E-state index in [1.165, 1.54) is 13.3 Å². The molecule has 1 aliphatic rings. The van der Waals surface area contributed by atoms with Crippen molar-refractivity contribution in [2.45, 2.75) is 6.92 Å². The van der Waals surface area contributed by atoms with Gasteiger partial charge in [-0.2, -0.15) is 0 Å². The molecule has 1 fully saturated rings. The number of thioether (sulfide) groups is 1. The van der Waals surface area contributed by atoms with Gasteiger partial charge in [0.25, 0.3) is 17.1 Å². The van der Waals surface area contributed by atoms with Gasteiger partial charge in [0.15, 0.2) is 0 Å². The molecule has 2 heterocycles. The van der Waals surface area contributed by atoms with Gasteiger partial charge in [-0.05, 0) is 42.5 Å². The van der Waals surface area contributed by atoms with Crippen LogP contribution in [0.2, 0.25) is 0 Å². The van der Waals surface area contributed by atoms with Crippen molar-refractivity contribution in [1.82, 2.24) is 15.2 Å². The number of nitrogens with one attached hydrogen (secondary N) is 1. The minimum Gasteiger partial charge on any atom is -0.480 e. The van der Waals surface area contributed by atoms with Gasteiger partial charge in [-0.3, -0.25) is 19.3 Å². The molecule has 0 unspecified atom stereocenters. The van der Waals surface area contributed by atoms with Crippen LogP contribution >= 0.6 is 11.8 Å². The Balaban J connectivity index is 1.60. The number of hydrogen-bond acceptors (Lipinski definition) is 6. The van der Waals surface area contributed by atoms with Crippen LogP contribution in [0, 0.1) is 6.92 Å². The Morgan fingerprint density at radius 3 is 2.71 bits per heavy atom. The Morgan fingerprint density at radius 1 is 1.25 bits per heavy atom. The standard InChI is InChI=1S/C20H19N3O4S/c1-13-5-7-14(8-6-13)12-16-19(25)23(20(26)28-16)11-10-21-17(24)15-4-3-9-22-18(15)27-2/h3-9,12H,10-11H2,1-2H3,(H,21,24)/b16-12+. The van der Waals surface area contributed by atoms with E-state index in [0.717, 1.165) is 27.8 Å². The number of aromatic nitrogens is 1. The molecule has 2 aromatic rings. The first-order chi connectivity index (χ1) is 13.5. The maximum atomic E-state index is 12.5. The van der Waals surface area contributed by atoms with Crippen LogP contribution in [-0.4, -0.2) is 47.1 Å². The van der Waals surface area contributed by atoms with E-state index in [1.807, 2.05) is 31.2 Å². The molecule has 1 N–H and O–H groups in total. The summed E-state index contributed by atoms with van der Waals surface area (Å²) in [5.74, 6) is -0.525. The summed E-state index contributed by atoms with van der Waals surface area (Å²) in [5, 5.41) is 2.33. The monoisotopic (exact) mass is 397 g/mol. The highest BCUT2D eigenvalue weighted by Crippen LogP contribution is 2.31. The molecule has 1 aromatic heterocycles. The summed E-state index contributed by atoms with van der Waals surface area (Å²) in [5.41, 5.74) is 2.26. The lowest BCUT2D eigenvalue weighted by molar-refractivity contribution is -0.122. The third-order valence-corrected chi connectivity index (χ3v) is 4.99. The molecule has 0 bridgehead atoms. The first-order valence-corrected chi connectivity index (χ1v) is 9.40. The number of nitrogens with zero attached hydrogens (tertiary/aromatic N) is 2.